The van der Waals surface area contributed by atoms with Crippen LogP contribution in [-0.2, 0) is 24.2 Å². The number of aryl methyl sites for hydroxylation is 1. The van der Waals surface area contributed by atoms with Gasteiger partial charge < -0.3 is 14.1 Å². The van der Waals surface area contributed by atoms with Crippen LogP contribution in [0.15, 0.2) is 132 Å². The number of carboxylic acid groups (broad SMARTS) is 1. The first-order chi connectivity index (χ1) is 22.1. The number of carboxylic acids is 1. The van der Waals surface area contributed by atoms with Gasteiger partial charge in [0.1, 0.15) is 17.2 Å². The number of furan rings is 1. The number of hydrogen-bond donors (Lipinski definition) is 1. The number of rotatable bonds is 11. The molecule has 0 saturated heterocycles. The van der Waals surface area contributed by atoms with Gasteiger partial charge in [0.2, 0.25) is 0 Å². The Morgan fingerprint density at radius 2 is 1.33 bits per heavy atom. The first kappa shape index (κ1) is 28.4. The van der Waals surface area contributed by atoms with E-state index in [-0.39, 0.29) is 6.42 Å². The molecule has 7 aromatic rings. The van der Waals surface area contributed by atoms with Gasteiger partial charge in [0.05, 0.1) is 11.0 Å². The summed E-state index contributed by atoms with van der Waals surface area (Å²) in [5.41, 5.74) is 9.85. The second kappa shape index (κ2) is 12.7. The molecule has 7 rings (SSSR count). The zero-order valence-electron chi connectivity index (χ0n) is 25.0. The lowest BCUT2D eigenvalue weighted by Gasteiger charge is -2.10. The molecule has 0 aliphatic carbocycles. The van der Waals surface area contributed by atoms with E-state index in [1.54, 1.807) is 0 Å². The van der Waals surface area contributed by atoms with E-state index in [2.05, 4.69) is 95.6 Å². The summed E-state index contributed by atoms with van der Waals surface area (Å²) >= 11 is 0. The minimum Gasteiger partial charge on any atom is -0.481 e. The van der Waals surface area contributed by atoms with Crippen LogP contribution in [0.1, 0.15) is 42.0 Å². The lowest BCUT2D eigenvalue weighted by Crippen LogP contribution is -2.06. The number of unbranched alkanes of at least 4 members (excludes halogenated alkanes) is 1. The van der Waals surface area contributed by atoms with Gasteiger partial charge in [0.25, 0.3) is 0 Å². The van der Waals surface area contributed by atoms with E-state index in [9.17, 15) is 4.79 Å². The van der Waals surface area contributed by atoms with Crippen LogP contribution < -0.4 is 0 Å². The fourth-order valence-corrected chi connectivity index (χ4v) is 6.22. The van der Waals surface area contributed by atoms with Crippen molar-refractivity contribution in [2.75, 3.05) is 0 Å². The number of benzene rings is 5. The molecule has 0 aliphatic rings. The molecule has 5 aromatic carbocycles. The average Bonchev–Trinajstić information content (AvgIpc) is 3.60. The summed E-state index contributed by atoms with van der Waals surface area (Å²) in [6, 6.07) is 44.3. The van der Waals surface area contributed by atoms with Crippen LogP contribution in [0.3, 0.4) is 0 Å². The third kappa shape index (κ3) is 6.16. The first-order valence-corrected chi connectivity index (χ1v) is 15.5. The van der Waals surface area contributed by atoms with Crippen molar-refractivity contribution in [2.24, 2.45) is 0 Å². The van der Waals surface area contributed by atoms with Crippen LogP contribution in [0.2, 0.25) is 0 Å². The molecule has 2 heterocycles. The van der Waals surface area contributed by atoms with Gasteiger partial charge in [-0.1, -0.05) is 109 Å². The maximum atomic E-state index is 11.1. The van der Waals surface area contributed by atoms with Gasteiger partial charge in [-0.3, -0.25) is 4.79 Å². The Morgan fingerprint density at radius 1 is 0.689 bits per heavy atom. The Hall–Kier alpha value is -5.42. The molecule has 0 bridgehead atoms. The molecule has 1 N–H and O–H groups in total. The van der Waals surface area contributed by atoms with Crippen molar-refractivity contribution in [1.82, 2.24) is 9.55 Å². The Morgan fingerprint density at radius 3 is 2.07 bits per heavy atom. The van der Waals surface area contributed by atoms with E-state index < -0.39 is 5.97 Å². The van der Waals surface area contributed by atoms with Crippen molar-refractivity contribution in [3.8, 4) is 22.3 Å². The Balaban J connectivity index is 1.20. The van der Waals surface area contributed by atoms with Crippen LogP contribution in [0.25, 0.3) is 44.3 Å². The van der Waals surface area contributed by atoms with Crippen LogP contribution in [0.5, 0.6) is 0 Å². The fraction of sp³-hybridized carbons (Fsp3) is 0.150. The van der Waals surface area contributed by atoms with Gasteiger partial charge in [-0.15, -0.1) is 0 Å². The number of aliphatic carboxylic acids is 1. The predicted molar refractivity (Wildman–Crippen MR) is 180 cm³/mol. The third-order valence-corrected chi connectivity index (χ3v) is 8.44. The number of hydrogen-bond acceptors (Lipinski definition) is 3. The number of carbonyl (C=O) groups is 1. The van der Waals surface area contributed by atoms with Crippen LogP contribution in [-0.4, -0.2) is 20.6 Å². The van der Waals surface area contributed by atoms with Gasteiger partial charge in [0.15, 0.2) is 0 Å². The zero-order chi connectivity index (χ0) is 30.6. The molecule has 45 heavy (non-hydrogen) atoms. The summed E-state index contributed by atoms with van der Waals surface area (Å²) < 4.78 is 8.64. The average molecular weight is 591 g/mol. The van der Waals surface area contributed by atoms with Gasteiger partial charge in [-0.25, -0.2) is 4.98 Å². The second-order valence-electron chi connectivity index (χ2n) is 11.5. The summed E-state index contributed by atoms with van der Waals surface area (Å²) in [5.74, 6) is 1.22. The molecule has 0 saturated carbocycles. The summed E-state index contributed by atoms with van der Waals surface area (Å²) in [6.07, 6.45) is 3.07. The normalized spacial score (nSPS) is 11.4. The maximum absolute atomic E-state index is 11.1. The van der Waals surface area contributed by atoms with Gasteiger partial charge >= 0.3 is 5.97 Å². The third-order valence-electron chi connectivity index (χ3n) is 8.44. The quantitative estimate of drug-likeness (QED) is 0.152. The van der Waals surface area contributed by atoms with E-state index >= 15 is 0 Å². The molecule has 0 amide bonds. The number of nitrogens with zero attached hydrogens (tertiary/aromatic N) is 2. The van der Waals surface area contributed by atoms with Crippen molar-refractivity contribution in [3.05, 3.63) is 150 Å². The van der Waals surface area contributed by atoms with Crippen LogP contribution >= 0.6 is 0 Å². The smallest absolute Gasteiger partial charge is 0.303 e. The van der Waals surface area contributed by atoms with Gasteiger partial charge in [-0.2, -0.15) is 0 Å². The zero-order valence-corrected chi connectivity index (χ0v) is 25.0. The van der Waals surface area contributed by atoms with Crippen molar-refractivity contribution in [1.29, 1.82) is 0 Å². The fourth-order valence-electron chi connectivity index (χ4n) is 6.22. The molecule has 5 nitrogen and oxygen atoms in total. The van der Waals surface area contributed by atoms with E-state index in [4.69, 9.17) is 14.5 Å². The molecular formula is C40H34N2O3. The van der Waals surface area contributed by atoms with Gasteiger partial charge in [-0.05, 0) is 58.9 Å². The lowest BCUT2D eigenvalue weighted by atomic mass is 9.96. The highest BCUT2D eigenvalue weighted by Crippen LogP contribution is 2.37. The number of fused-ring (bicyclic) bond motifs is 2. The monoisotopic (exact) mass is 590 g/mol. The molecule has 0 unspecified atom stereocenters. The number of imidazole rings is 1. The lowest BCUT2D eigenvalue weighted by molar-refractivity contribution is -0.137. The Kier molecular flexibility index (Phi) is 7.98. The highest BCUT2D eigenvalue weighted by molar-refractivity contribution is 5.96. The highest BCUT2D eigenvalue weighted by Gasteiger charge is 2.17. The summed E-state index contributed by atoms with van der Waals surface area (Å²) in [7, 11) is 0. The minimum absolute atomic E-state index is 0.184. The van der Waals surface area contributed by atoms with E-state index in [0.717, 1.165) is 81.6 Å². The minimum atomic E-state index is -0.751. The van der Waals surface area contributed by atoms with Crippen molar-refractivity contribution >= 4 is 28.0 Å². The SMILES string of the molecule is O=C(O)CCCCn1c(Cc2ccccc2)nc2cc(-c3ccc(-c4c(Cc5ccccc5)oc5ccccc45)cc3)ccc21. The number of para-hydroxylation sites is 1. The molecule has 2 aromatic heterocycles. The van der Waals surface area contributed by atoms with Gasteiger partial charge in [0, 0.05) is 36.8 Å². The Bertz CT molecular complexity index is 2070. The summed E-state index contributed by atoms with van der Waals surface area (Å²) in [6.45, 7) is 0.740. The molecule has 0 aliphatic heterocycles. The standard InChI is InChI=1S/C40H34N2O3/c43-39(44)17-9-10-24-42-35-23-22-32(27-34(35)41-38(42)26-29-13-5-2-6-14-29)30-18-20-31(21-19-30)40-33-15-7-8-16-36(33)45-37(40)25-28-11-3-1-4-12-28/h1-8,11-16,18-23,27H,9-10,17,24-26H2,(H,43,44). The Labute approximate surface area is 262 Å². The topological polar surface area (TPSA) is 68.3 Å². The largest absolute Gasteiger partial charge is 0.481 e. The molecule has 0 spiro atoms. The molecule has 5 heteroatoms. The van der Waals surface area contributed by atoms with Crippen molar-refractivity contribution < 1.29 is 14.3 Å². The van der Waals surface area contributed by atoms with Crippen LogP contribution in [0.4, 0.5) is 0 Å². The van der Waals surface area contributed by atoms with E-state index in [1.807, 2.05) is 36.4 Å². The highest BCUT2D eigenvalue weighted by atomic mass is 16.4. The summed E-state index contributed by atoms with van der Waals surface area (Å²) in [4.78, 5) is 16.2. The van der Waals surface area contributed by atoms with Crippen molar-refractivity contribution in [3.63, 3.8) is 0 Å². The molecule has 222 valence electrons. The first-order valence-electron chi connectivity index (χ1n) is 15.5. The number of aromatic nitrogens is 2. The van der Waals surface area contributed by atoms with E-state index in [0.29, 0.717) is 6.42 Å². The molecule has 0 radical (unpaired) electrons. The molecule has 0 fully saturated rings. The summed E-state index contributed by atoms with van der Waals surface area (Å²) in [5, 5.41) is 10.2. The predicted octanol–water partition coefficient (Wildman–Crippen LogP) is 9.55. The van der Waals surface area contributed by atoms with E-state index in [1.165, 1.54) is 11.1 Å². The molecular weight excluding hydrogens is 556 g/mol. The molecule has 0 atom stereocenters. The second-order valence-corrected chi connectivity index (χ2v) is 11.5. The maximum Gasteiger partial charge on any atom is 0.303 e. The van der Waals surface area contributed by atoms with Crippen LogP contribution in [0, 0.1) is 0 Å². The van der Waals surface area contributed by atoms with Crippen molar-refractivity contribution in [2.45, 2.75) is 38.6 Å².